The lowest BCUT2D eigenvalue weighted by Crippen LogP contribution is -2.30. The summed E-state index contributed by atoms with van der Waals surface area (Å²) in [7, 11) is 3.41. The van der Waals surface area contributed by atoms with Crippen LogP contribution in [0, 0.1) is 11.6 Å². The van der Waals surface area contributed by atoms with E-state index in [1.54, 1.807) is 14.2 Å². The molecular weight excluding hydrogens is 272 g/mol. The lowest BCUT2D eigenvalue weighted by Gasteiger charge is -2.18. The summed E-state index contributed by atoms with van der Waals surface area (Å²) in [6, 6.07) is 11.5. The number of benzene rings is 2. The predicted octanol–water partition coefficient (Wildman–Crippen LogP) is 3.35. The molecule has 1 atom stereocenters. The van der Waals surface area contributed by atoms with E-state index in [0.717, 1.165) is 11.3 Å². The molecule has 0 aliphatic rings. The number of likely N-dealkylation sites (N-methyl/N-ethyl adjacent to an activating group) is 1. The van der Waals surface area contributed by atoms with Crippen molar-refractivity contribution in [3.05, 3.63) is 65.2 Å². The zero-order chi connectivity index (χ0) is 15.2. The van der Waals surface area contributed by atoms with E-state index in [2.05, 4.69) is 5.32 Å². The molecule has 0 aromatic heterocycles. The minimum Gasteiger partial charge on any atom is -0.496 e. The fourth-order valence-electron chi connectivity index (χ4n) is 2.39. The maximum atomic E-state index is 13.7. The molecule has 0 amide bonds. The second-order valence-corrected chi connectivity index (χ2v) is 4.91. The van der Waals surface area contributed by atoms with E-state index >= 15 is 0 Å². The Hall–Kier alpha value is -1.94. The molecule has 4 heteroatoms. The van der Waals surface area contributed by atoms with Crippen LogP contribution in [0.25, 0.3) is 0 Å². The minimum atomic E-state index is -0.504. The van der Waals surface area contributed by atoms with Crippen LogP contribution >= 0.6 is 0 Å². The van der Waals surface area contributed by atoms with E-state index < -0.39 is 11.6 Å². The van der Waals surface area contributed by atoms with E-state index in [-0.39, 0.29) is 18.0 Å². The van der Waals surface area contributed by atoms with Crippen molar-refractivity contribution in [3.8, 4) is 5.75 Å². The molecule has 2 rings (SSSR count). The SMILES string of the molecule is CNC(Cc1ccccc1OC)Cc1c(F)cccc1F. The van der Waals surface area contributed by atoms with E-state index in [0.29, 0.717) is 6.42 Å². The summed E-state index contributed by atoms with van der Waals surface area (Å²) in [6.45, 7) is 0. The first-order chi connectivity index (χ1) is 10.2. The smallest absolute Gasteiger partial charge is 0.129 e. The Morgan fingerprint density at radius 2 is 1.67 bits per heavy atom. The van der Waals surface area contributed by atoms with Gasteiger partial charge in [-0.1, -0.05) is 24.3 Å². The van der Waals surface area contributed by atoms with Crippen molar-refractivity contribution in [2.45, 2.75) is 18.9 Å². The normalized spacial score (nSPS) is 12.2. The molecule has 0 spiro atoms. The van der Waals surface area contributed by atoms with Crippen LogP contribution in [0.5, 0.6) is 5.75 Å². The molecule has 0 radical (unpaired) electrons. The summed E-state index contributed by atoms with van der Waals surface area (Å²) >= 11 is 0. The van der Waals surface area contributed by atoms with Gasteiger partial charge in [0.1, 0.15) is 17.4 Å². The maximum absolute atomic E-state index is 13.7. The van der Waals surface area contributed by atoms with Crippen molar-refractivity contribution in [1.29, 1.82) is 0 Å². The van der Waals surface area contributed by atoms with Crippen molar-refractivity contribution in [1.82, 2.24) is 5.32 Å². The van der Waals surface area contributed by atoms with Crippen molar-refractivity contribution in [2.75, 3.05) is 14.2 Å². The first kappa shape index (κ1) is 15.4. The van der Waals surface area contributed by atoms with Crippen molar-refractivity contribution in [2.24, 2.45) is 0 Å². The van der Waals surface area contributed by atoms with Crippen molar-refractivity contribution < 1.29 is 13.5 Å². The Balaban J connectivity index is 2.17. The largest absolute Gasteiger partial charge is 0.496 e. The van der Waals surface area contributed by atoms with E-state index in [1.807, 2.05) is 24.3 Å². The number of para-hydroxylation sites is 1. The number of nitrogens with one attached hydrogen (secondary N) is 1. The van der Waals surface area contributed by atoms with Gasteiger partial charge in [-0.25, -0.2) is 8.78 Å². The molecule has 1 unspecified atom stereocenters. The van der Waals surface area contributed by atoms with Crippen LogP contribution in [0.3, 0.4) is 0 Å². The Kier molecular flexibility index (Phi) is 5.28. The number of hydrogen-bond donors (Lipinski definition) is 1. The van der Waals surface area contributed by atoms with Crippen LogP contribution in [0.15, 0.2) is 42.5 Å². The van der Waals surface area contributed by atoms with Crippen LogP contribution < -0.4 is 10.1 Å². The summed E-state index contributed by atoms with van der Waals surface area (Å²) in [6.07, 6.45) is 0.918. The minimum absolute atomic E-state index is 0.0762. The third kappa shape index (κ3) is 3.79. The Labute approximate surface area is 123 Å². The van der Waals surface area contributed by atoms with Crippen LogP contribution in [0.1, 0.15) is 11.1 Å². The average Bonchev–Trinajstić information content (AvgIpc) is 2.50. The van der Waals surface area contributed by atoms with Gasteiger partial charge in [0.15, 0.2) is 0 Å². The number of hydrogen-bond acceptors (Lipinski definition) is 2. The predicted molar refractivity (Wildman–Crippen MR) is 79.6 cm³/mol. The first-order valence-corrected chi connectivity index (χ1v) is 6.87. The van der Waals surface area contributed by atoms with Gasteiger partial charge in [0.05, 0.1) is 7.11 Å². The van der Waals surface area contributed by atoms with E-state index in [1.165, 1.54) is 18.2 Å². The third-order valence-electron chi connectivity index (χ3n) is 3.58. The Bertz CT molecular complexity index is 581. The van der Waals surface area contributed by atoms with Gasteiger partial charge in [-0.15, -0.1) is 0 Å². The molecule has 112 valence electrons. The summed E-state index contributed by atoms with van der Waals surface area (Å²) in [4.78, 5) is 0. The monoisotopic (exact) mass is 291 g/mol. The standard InChI is InChI=1S/C17H19F2NO/c1-20-13(10-12-6-3-4-9-17(12)21-2)11-14-15(18)7-5-8-16(14)19/h3-9,13,20H,10-11H2,1-2H3. The molecule has 2 nitrogen and oxygen atoms in total. The lowest BCUT2D eigenvalue weighted by molar-refractivity contribution is 0.405. The van der Waals surface area contributed by atoms with Crippen molar-refractivity contribution >= 4 is 0 Å². The molecule has 0 aliphatic heterocycles. The number of halogens is 2. The van der Waals surface area contributed by atoms with Gasteiger partial charge in [0, 0.05) is 11.6 Å². The maximum Gasteiger partial charge on any atom is 0.129 e. The Morgan fingerprint density at radius 1 is 1.00 bits per heavy atom. The van der Waals surface area contributed by atoms with Gasteiger partial charge in [0.25, 0.3) is 0 Å². The number of methoxy groups -OCH3 is 1. The number of rotatable bonds is 6. The molecule has 0 saturated heterocycles. The molecule has 0 bridgehead atoms. The van der Waals surface area contributed by atoms with Gasteiger partial charge in [-0.3, -0.25) is 0 Å². The van der Waals surface area contributed by atoms with Gasteiger partial charge < -0.3 is 10.1 Å². The first-order valence-electron chi connectivity index (χ1n) is 6.87. The second kappa shape index (κ2) is 7.18. The van der Waals surface area contributed by atoms with E-state index in [4.69, 9.17) is 4.74 Å². The highest BCUT2D eigenvalue weighted by Crippen LogP contribution is 2.21. The quantitative estimate of drug-likeness (QED) is 0.881. The van der Waals surface area contributed by atoms with Gasteiger partial charge in [-0.2, -0.15) is 0 Å². The van der Waals surface area contributed by atoms with Gasteiger partial charge in [0.2, 0.25) is 0 Å². The van der Waals surface area contributed by atoms with Crippen LogP contribution in [0.4, 0.5) is 8.78 Å². The zero-order valence-corrected chi connectivity index (χ0v) is 12.2. The van der Waals surface area contributed by atoms with Crippen LogP contribution in [0.2, 0.25) is 0 Å². The zero-order valence-electron chi connectivity index (χ0n) is 12.2. The molecule has 21 heavy (non-hydrogen) atoms. The third-order valence-corrected chi connectivity index (χ3v) is 3.58. The Morgan fingerprint density at radius 3 is 2.29 bits per heavy atom. The fourth-order valence-corrected chi connectivity index (χ4v) is 2.39. The molecule has 0 heterocycles. The molecule has 2 aromatic carbocycles. The highest BCUT2D eigenvalue weighted by Gasteiger charge is 2.16. The molecule has 0 fully saturated rings. The molecule has 2 aromatic rings. The topological polar surface area (TPSA) is 21.3 Å². The van der Waals surface area contributed by atoms with E-state index in [9.17, 15) is 8.78 Å². The lowest BCUT2D eigenvalue weighted by atomic mass is 9.98. The molecule has 0 aliphatic carbocycles. The van der Waals surface area contributed by atoms with Crippen LogP contribution in [-0.2, 0) is 12.8 Å². The average molecular weight is 291 g/mol. The fraction of sp³-hybridized carbons (Fsp3) is 0.294. The molecular formula is C17H19F2NO. The molecule has 0 saturated carbocycles. The van der Waals surface area contributed by atoms with Crippen molar-refractivity contribution in [3.63, 3.8) is 0 Å². The summed E-state index contributed by atoms with van der Waals surface area (Å²) < 4.78 is 32.8. The van der Waals surface area contributed by atoms with Gasteiger partial charge in [-0.05, 0) is 43.7 Å². The van der Waals surface area contributed by atoms with Gasteiger partial charge >= 0.3 is 0 Å². The van der Waals surface area contributed by atoms with Crippen LogP contribution in [-0.4, -0.2) is 20.2 Å². The summed E-state index contributed by atoms with van der Waals surface area (Å²) in [5.74, 6) is -0.225. The second-order valence-electron chi connectivity index (χ2n) is 4.91. The highest BCUT2D eigenvalue weighted by atomic mass is 19.1. The summed E-state index contributed by atoms with van der Waals surface area (Å²) in [5, 5.41) is 3.12. The molecule has 1 N–H and O–H groups in total. The summed E-state index contributed by atoms with van der Waals surface area (Å²) in [5.41, 5.74) is 1.13. The number of ether oxygens (including phenoxy) is 1. The highest BCUT2D eigenvalue weighted by molar-refractivity contribution is 5.34.